The fourth-order valence-corrected chi connectivity index (χ4v) is 4.64. The molecule has 2 aromatic carbocycles. The van der Waals surface area contributed by atoms with E-state index in [-0.39, 0.29) is 25.1 Å². The summed E-state index contributed by atoms with van der Waals surface area (Å²) in [6.07, 6.45) is 4.03. The zero-order valence-electron chi connectivity index (χ0n) is 22.2. The van der Waals surface area contributed by atoms with Crippen molar-refractivity contribution in [2.24, 2.45) is 0 Å². The quantitative estimate of drug-likeness (QED) is 0.174. The molecule has 0 spiro atoms. The summed E-state index contributed by atoms with van der Waals surface area (Å²) < 4.78 is 24.0. The maximum absolute atomic E-state index is 11.5. The highest BCUT2D eigenvalue weighted by atomic mass is 35.5. The van der Waals surface area contributed by atoms with Gasteiger partial charge in [0.25, 0.3) is 0 Å². The summed E-state index contributed by atoms with van der Waals surface area (Å²) in [5, 5.41) is 0.659. The summed E-state index contributed by atoms with van der Waals surface area (Å²) in [5.74, 6) is 0.182. The molecule has 0 bridgehead atoms. The summed E-state index contributed by atoms with van der Waals surface area (Å²) in [6.45, 7) is 7.42. The third-order valence-electron chi connectivity index (χ3n) is 5.96. The third kappa shape index (κ3) is 8.78. The van der Waals surface area contributed by atoms with Crippen LogP contribution in [0.3, 0.4) is 0 Å². The van der Waals surface area contributed by atoms with E-state index in [0.29, 0.717) is 28.1 Å². The first-order valence-corrected chi connectivity index (χ1v) is 13.5. The first-order chi connectivity index (χ1) is 18.5. The smallest absolute Gasteiger partial charge is 0.303 e. The van der Waals surface area contributed by atoms with Gasteiger partial charge in [0, 0.05) is 31.7 Å². The van der Waals surface area contributed by atoms with Crippen LogP contribution in [0.2, 0.25) is 10.0 Å². The molecule has 210 valence electrons. The standard InChI is InChI=1S/C28H31Cl3N2O6/c1-18(34)38-23(13-29)15-37-27-25(30)11-21(12-26(27)31)28(3,4)20-5-7-22(8-6-20)36-16-24(39-19(2)35)14-33-10-9-32-17-33/h5-12,17,23-24H,13-16H2,1-4H3/t23-,24+/m0/s1. The van der Waals surface area contributed by atoms with E-state index in [9.17, 15) is 9.59 Å². The van der Waals surface area contributed by atoms with Gasteiger partial charge in [0.05, 0.1) is 28.8 Å². The number of aromatic nitrogens is 2. The number of rotatable bonds is 13. The number of ether oxygens (including phenoxy) is 4. The highest BCUT2D eigenvalue weighted by Crippen LogP contribution is 2.40. The average Bonchev–Trinajstić information content (AvgIpc) is 3.38. The van der Waals surface area contributed by atoms with Crippen LogP contribution in [0.25, 0.3) is 0 Å². The highest BCUT2D eigenvalue weighted by Gasteiger charge is 2.26. The summed E-state index contributed by atoms with van der Waals surface area (Å²) in [7, 11) is 0. The Morgan fingerprint density at radius 3 is 2.05 bits per heavy atom. The SMILES string of the molecule is CC(=O)O[C@@H](CCl)COc1c(Cl)cc(C(C)(C)c2ccc(OC[C@@H](Cn3ccnc3)OC(C)=O)cc2)cc1Cl. The van der Waals surface area contributed by atoms with Crippen molar-refractivity contribution in [1.29, 1.82) is 0 Å². The fraction of sp³-hybridized carbons (Fsp3) is 0.393. The van der Waals surface area contributed by atoms with Crippen molar-refractivity contribution in [2.45, 2.75) is 51.9 Å². The number of carbonyl (C=O) groups excluding carboxylic acids is 2. The molecular weight excluding hydrogens is 567 g/mol. The van der Waals surface area contributed by atoms with Gasteiger partial charge in [-0.1, -0.05) is 49.2 Å². The Kier molecular flexibility index (Phi) is 10.9. The van der Waals surface area contributed by atoms with Crippen LogP contribution in [-0.4, -0.2) is 52.8 Å². The lowest BCUT2D eigenvalue weighted by Gasteiger charge is -2.27. The predicted molar refractivity (Wildman–Crippen MR) is 150 cm³/mol. The van der Waals surface area contributed by atoms with Crippen molar-refractivity contribution < 1.29 is 28.5 Å². The number of halogens is 3. The molecule has 1 heterocycles. The van der Waals surface area contributed by atoms with E-state index in [1.54, 1.807) is 30.9 Å². The molecule has 3 rings (SSSR count). The summed E-state index contributed by atoms with van der Waals surface area (Å²) in [4.78, 5) is 26.7. The van der Waals surface area contributed by atoms with Crippen LogP contribution in [0.4, 0.5) is 0 Å². The van der Waals surface area contributed by atoms with Crippen LogP contribution in [0.1, 0.15) is 38.8 Å². The van der Waals surface area contributed by atoms with E-state index in [4.69, 9.17) is 53.8 Å². The molecule has 0 saturated carbocycles. The molecule has 0 aliphatic carbocycles. The largest absolute Gasteiger partial charge is 0.490 e. The minimum atomic E-state index is -0.622. The summed E-state index contributed by atoms with van der Waals surface area (Å²) >= 11 is 18.9. The molecular formula is C28H31Cl3N2O6. The van der Waals surface area contributed by atoms with Gasteiger partial charge in [0.2, 0.25) is 0 Å². The topological polar surface area (TPSA) is 88.9 Å². The molecule has 3 aromatic rings. The van der Waals surface area contributed by atoms with Gasteiger partial charge >= 0.3 is 11.9 Å². The Bertz CT molecular complexity index is 1230. The number of esters is 2. The van der Waals surface area contributed by atoms with Gasteiger partial charge in [-0.25, -0.2) is 4.98 Å². The lowest BCUT2D eigenvalue weighted by Crippen LogP contribution is -2.28. The maximum Gasteiger partial charge on any atom is 0.303 e. The number of carbonyl (C=O) groups is 2. The van der Waals surface area contributed by atoms with Crippen LogP contribution in [0.5, 0.6) is 11.5 Å². The Morgan fingerprint density at radius 2 is 1.51 bits per heavy atom. The molecule has 0 aliphatic rings. The van der Waals surface area contributed by atoms with Crippen molar-refractivity contribution in [2.75, 3.05) is 19.1 Å². The molecule has 0 aliphatic heterocycles. The van der Waals surface area contributed by atoms with Crippen molar-refractivity contribution in [1.82, 2.24) is 9.55 Å². The van der Waals surface area contributed by atoms with Crippen LogP contribution in [0, 0.1) is 0 Å². The third-order valence-corrected chi connectivity index (χ3v) is 6.86. The Morgan fingerprint density at radius 1 is 0.923 bits per heavy atom. The zero-order chi connectivity index (χ0) is 28.6. The number of imidazole rings is 1. The Hall–Kier alpha value is -2.94. The van der Waals surface area contributed by atoms with Gasteiger partial charge in [-0.05, 0) is 35.4 Å². The molecule has 2 atom stereocenters. The molecule has 0 radical (unpaired) electrons. The van der Waals surface area contributed by atoms with Crippen LogP contribution < -0.4 is 9.47 Å². The Labute approximate surface area is 243 Å². The second kappa shape index (κ2) is 13.9. The average molecular weight is 598 g/mol. The van der Waals surface area contributed by atoms with E-state index in [1.807, 2.05) is 28.8 Å². The van der Waals surface area contributed by atoms with Crippen molar-refractivity contribution in [3.8, 4) is 11.5 Å². The molecule has 0 N–H and O–H groups in total. The molecule has 39 heavy (non-hydrogen) atoms. The predicted octanol–water partition coefficient (Wildman–Crippen LogP) is 6.08. The molecule has 8 nitrogen and oxygen atoms in total. The van der Waals surface area contributed by atoms with Crippen LogP contribution in [-0.2, 0) is 31.0 Å². The normalized spacial score (nSPS) is 12.9. The first-order valence-electron chi connectivity index (χ1n) is 12.2. The number of hydrogen-bond donors (Lipinski definition) is 0. The van der Waals surface area contributed by atoms with Crippen molar-refractivity contribution in [3.63, 3.8) is 0 Å². The van der Waals surface area contributed by atoms with E-state index >= 15 is 0 Å². The Balaban J connectivity index is 1.68. The van der Waals surface area contributed by atoms with E-state index in [1.165, 1.54) is 13.8 Å². The van der Waals surface area contributed by atoms with Crippen LogP contribution in [0.15, 0.2) is 55.1 Å². The molecule has 0 amide bonds. The minimum absolute atomic E-state index is 0.0212. The summed E-state index contributed by atoms with van der Waals surface area (Å²) in [5.41, 5.74) is 1.42. The lowest BCUT2D eigenvalue weighted by molar-refractivity contribution is -0.148. The minimum Gasteiger partial charge on any atom is -0.490 e. The molecule has 0 saturated heterocycles. The maximum atomic E-state index is 11.5. The van der Waals surface area contributed by atoms with Gasteiger partial charge in [-0.3, -0.25) is 9.59 Å². The van der Waals surface area contributed by atoms with Gasteiger partial charge in [-0.15, -0.1) is 11.6 Å². The fourth-order valence-electron chi connectivity index (χ4n) is 3.89. The van der Waals surface area contributed by atoms with Gasteiger partial charge in [0.15, 0.2) is 11.9 Å². The second-order valence-corrected chi connectivity index (χ2v) is 10.5. The van der Waals surface area contributed by atoms with Crippen LogP contribution >= 0.6 is 34.8 Å². The number of nitrogens with zero attached hydrogens (tertiary/aromatic N) is 2. The highest BCUT2D eigenvalue weighted by molar-refractivity contribution is 6.37. The second-order valence-electron chi connectivity index (χ2n) is 9.42. The molecule has 1 aromatic heterocycles. The van der Waals surface area contributed by atoms with Gasteiger partial charge in [-0.2, -0.15) is 0 Å². The van der Waals surface area contributed by atoms with Crippen molar-refractivity contribution >= 4 is 46.7 Å². The zero-order valence-corrected chi connectivity index (χ0v) is 24.4. The molecule has 0 unspecified atom stereocenters. The first kappa shape index (κ1) is 30.6. The van der Waals surface area contributed by atoms with Crippen molar-refractivity contribution in [3.05, 3.63) is 76.3 Å². The number of benzene rings is 2. The number of hydrogen-bond acceptors (Lipinski definition) is 7. The van der Waals surface area contributed by atoms with Gasteiger partial charge < -0.3 is 23.5 Å². The number of alkyl halides is 1. The van der Waals surface area contributed by atoms with E-state index in [2.05, 4.69) is 18.8 Å². The summed E-state index contributed by atoms with van der Waals surface area (Å²) in [6, 6.07) is 11.2. The van der Waals surface area contributed by atoms with E-state index in [0.717, 1.165) is 11.1 Å². The van der Waals surface area contributed by atoms with E-state index < -0.39 is 23.6 Å². The monoisotopic (exact) mass is 596 g/mol. The van der Waals surface area contributed by atoms with Gasteiger partial charge in [0.1, 0.15) is 25.1 Å². The lowest BCUT2D eigenvalue weighted by atomic mass is 9.78. The molecule has 11 heteroatoms. The molecule has 0 fully saturated rings.